The fourth-order valence-electron chi connectivity index (χ4n) is 2.66. The van der Waals surface area contributed by atoms with Gasteiger partial charge in [0, 0.05) is 18.8 Å². The maximum atomic E-state index is 5.42. The molecular weight excluding hydrogens is 200 g/mol. The average Bonchev–Trinajstić information content (AvgIpc) is 2.29. The molecule has 0 aromatic rings. The van der Waals surface area contributed by atoms with E-state index >= 15 is 0 Å². The van der Waals surface area contributed by atoms with Gasteiger partial charge in [-0.15, -0.1) is 0 Å². The summed E-state index contributed by atoms with van der Waals surface area (Å²) in [5.74, 6) is 0.885. The van der Waals surface area contributed by atoms with E-state index < -0.39 is 0 Å². The third-order valence-corrected chi connectivity index (χ3v) is 4.25. The zero-order valence-electron chi connectivity index (χ0n) is 10.8. The molecule has 2 fully saturated rings. The predicted octanol–water partition coefficient (Wildman–Crippen LogP) is 1.49. The van der Waals surface area contributed by atoms with Gasteiger partial charge in [-0.25, -0.2) is 0 Å². The second-order valence-electron chi connectivity index (χ2n) is 5.80. The normalized spacial score (nSPS) is 28.1. The minimum atomic E-state index is 0.335. The van der Waals surface area contributed by atoms with E-state index in [9.17, 15) is 0 Å². The number of rotatable bonds is 3. The van der Waals surface area contributed by atoms with Crippen LogP contribution in [0.25, 0.3) is 0 Å². The Bertz CT molecular complexity index is 206. The first-order chi connectivity index (χ1) is 7.68. The molecule has 0 aromatic carbocycles. The van der Waals surface area contributed by atoms with Crippen molar-refractivity contribution in [1.82, 2.24) is 10.2 Å². The molecule has 0 unspecified atom stereocenters. The Morgan fingerprint density at radius 3 is 2.50 bits per heavy atom. The molecule has 0 saturated carbocycles. The molecule has 0 radical (unpaired) electrons. The van der Waals surface area contributed by atoms with Crippen molar-refractivity contribution in [3.63, 3.8) is 0 Å². The molecule has 0 bridgehead atoms. The summed E-state index contributed by atoms with van der Waals surface area (Å²) in [5.41, 5.74) is 0.335. The summed E-state index contributed by atoms with van der Waals surface area (Å²) in [6.45, 7) is 7.95. The molecule has 3 nitrogen and oxygen atoms in total. The van der Waals surface area contributed by atoms with Crippen molar-refractivity contribution in [2.45, 2.75) is 38.1 Å². The number of ether oxygens (including phenoxy) is 1. The molecule has 0 atom stereocenters. The van der Waals surface area contributed by atoms with Crippen molar-refractivity contribution in [2.24, 2.45) is 5.92 Å². The molecule has 2 heterocycles. The lowest BCUT2D eigenvalue weighted by Gasteiger charge is -2.37. The second-order valence-corrected chi connectivity index (χ2v) is 5.80. The van der Waals surface area contributed by atoms with Crippen LogP contribution in [-0.4, -0.2) is 50.3 Å². The molecule has 3 heteroatoms. The van der Waals surface area contributed by atoms with Crippen molar-refractivity contribution in [3.05, 3.63) is 0 Å². The van der Waals surface area contributed by atoms with Gasteiger partial charge in [0.15, 0.2) is 0 Å². The monoisotopic (exact) mass is 226 g/mol. The van der Waals surface area contributed by atoms with Crippen LogP contribution in [0.1, 0.15) is 32.6 Å². The lowest BCUT2D eigenvalue weighted by Crippen LogP contribution is -2.49. The van der Waals surface area contributed by atoms with E-state index in [0.717, 1.165) is 19.1 Å². The third kappa shape index (κ3) is 3.44. The lowest BCUT2D eigenvalue weighted by atomic mass is 9.90. The Morgan fingerprint density at radius 1 is 1.25 bits per heavy atom. The number of hydrogen-bond acceptors (Lipinski definition) is 3. The van der Waals surface area contributed by atoms with E-state index in [-0.39, 0.29) is 0 Å². The van der Waals surface area contributed by atoms with Crippen LogP contribution in [0.3, 0.4) is 0 Å². The zero-order chi connectivity index (χ0) is 11.4. The Hall–Kier alpha value is -0.120. The number of nitrogens with zero attached hydrogens (tertiary/aromatic N) is 1. The number of likely N-dealkylation sites (tertiary alicyclic amines) is 1. The fraction of sp³-hybridized carbons (Fsp3) is 1.00. The van der Waals surface area contributed by atoms with Crippen LogP contribution in [0, 0.1) is 5.92 Å². The third-order valence-electron chi connectivity index (χ3n) is 4.25. The van der Waals surface area contributed by atoms with E-state index in [1.807, 2.05) is 0 Å². The fourth-order valence-corrected chi connectivity index (χ4v) is 2.66. The van der Waals surface area contributed by atoms with Gasteiger partial charge < -0.3 is 15.0 Å². The smallest absolute Gasteiger partial charge is 0.0483 e. The molecule has 0 aromatic heterocycles. The summed E-state index contributed by atoms with van der Waals surface area (Å²) in [6, 6.07) is 0. The molecular formula is C13H26N2O. The van der Waals surface area contributed by atoms with E-state index in [0.29, 0.717) is 5.54 Å². The van der Waals surface area contributed by atoms with Crippen LogP contribution >= 0.6 is 0 Å². The van der Waals surface area contributed by atoms with Crippen molar-refractivity contribution in [2.75, 3.05) is 39.9 Å². The highest BCUT2D eigenvalue weighted by molar-refractivity contribution is 4.86. The van der Waals surface area contributed by atoms with Gasteiger partial charge in [-0.2, -0.15) is 0 Å². The Kier molecular flexibility index (Phi) is 4.22. The van der Waals surface area contributed by atoms with E-state index in [1.165, 1.54) is 45.3 Å². The summed E-state index contributed by atoms with van der Waals surface area (Å²) in [5, 5.41) is 3.78. The highest BCUT2D eigenvalue weighted by Gasteiger charge is 2.28. The van der Waals surface area contributed by atoms with Crippen LogP contribution in [0.4, 0.5) is 0 Å². The SMILES string of the molecule is CN1CCC(CNC2(C)CCOCC2)CC1. The maximum absolute atomic E-state index is 5.42. The highest BCUT2D eigenvalue weighted by atomic mass is 16.5. The molecule has 94 valence electrons. The largest absolute Gasteiger partial charge is 0.381 e. The lowest BCUT2D eigenvalue weighted by molar-refractivity contribution is 0.0423. The summed E-state index contributed by atoms with van der Waals surface area (Å²) in [7, 11) is 2.23. The van der Waals surface area contributed by atoms with Crippen LogP contribution < -0.4 is 5.32 Å². The summed E-state index contributed by atoms with van der Waals surface area (Å²) in [6.07, 6.45) is 5.05. The van der Waals surface area contributed by atoms with Crippen molar-refractivity contribution in [3.8, 4) is 0 Å². The van der Waals surface area contributed by atoms with Crippen molar-refractivity contribution < 1.29 is 4.74 Å². The molecule has 2 aliphatic rings. The van der Waals surface area contributed by atoms with Gasteiger partial charge in [0.25, 0.3) is 0 Å². The maximum Gasteiger partial charge on any atom is 0.0483 e. The van der Waals surface area contributed by atoms with Gasteiger partial charge in [-0.1, -0.05) is 0 Å². The predicted molar refractivity (Wildman–Crippen MR) is 66.7 cm³/mol. The summed E-state index contributed by atoms with van der Waals surface area (Å²) in [4.78, 5) is 2.44. The standard InChI is InChI=1S/C13H26N2O/c1-13(5-9-16-10-6-13)14-11-12-3-7-15(2)8-4-12/h12,14H,3-11H2,1-2H3. The van der Waals surface area contributed by atoms with Crippen LogP contribution in [0.15, 0.2) is 0 Å². The molecule has 0 aliphatic carbocycles. The molecule has 2 aliphatic heterocycles. The van der Waals surface area contributed by atoms with Crippen LogP contribution in [0.5, 0.6) is 0 Å². The number of piperidine rings is 1. The molecule has 16 heavy (non-hydrogen) atoms. The van der Waals surface area contributed by atoms with Gasteiger partial charge in [-0.3, -0.25) is 0 Å². The van der Waals surface area contributed by atoms with Gasteiger partial charge in [0.05, 0.1) is 0 Å². The molecule has 0 amide bonds. The van der Waals surface area contributed by atoms with Crippen molar-refractivity contribution in [1.29, 1.82) is 0 Å². The van der Waals surface area contributed by atoms with Crippen molar-refractivity contribution >= 4 is 0 Å². The quantitative estimate of drug-likeness (QED) is 0.789. The summed E-state index contributed by atoms with van der Waals surface area (Å²) < 4.78 is 5.42. The van der Waals surface area contributed by atoms with Crippen LogP contribution in [-0.2, 0) is 4.74 Å². The van der Waals surface area contributed by atoms with E-state index in [2.05, 4.69) is 24.2 Å². The Balaban J connectivity index is 1.70. The topological polar surface area (TPSA) is 24.5 Å². The first kappa shape index (κ1) is 12.3. The molecule has 2 rings (SSSR count). The minimum Gasteiger partial charge on any atom is -0.381 e. The highest BCUT2D eigenvalue weighted by Crippen LogP contribution is 2.22. The molecule has 2 saturated heterocycles. The van der Waals surface area contributed by atoms with E-state index in [4.69, 9.17) is 4.74 Å². The minimum absolute atomic E-state index is 0.335. The molecule has 1 N–H and O–H groups in total. The molecule has 0 spiro atoms. The second kappa shape index (κ2) is 5.48. The number of nitrogens with one attached hydrogen (secondary N) is 1. The number of hydrogen-bond donors (Lipinski definition) is 1. The van der Waals surface area contributed by atoms with Gasteiger partial charge in [-0.05, 0) is 65.2 Å². The Morgan fingerprint density at radius 2 is 1.88 bits per heavy atom. The average molecular weight is 226 g/mol. The van der Waals surface area contributed by atoms with Crippen LogP contribution in [0.2, 0.25) is 0 Å². The van der Waals surface area contributed by atoms with Gasteiger partial charge in [0.1, 0.15) is 0 Å². The summed E-state index contributed by atoms with van der Waals surface area (Å²) >= 11 is 0. The first-order valence-corrected chi connectivity index (χ1v) is 6.69. The van der Waals surface area contributed by atoms with Gasteiger partial charge >= 0.3 is 0 Å². The van der Waals surface area contributed by atoms with Gasteiger partial charge in [0.2, 0.25) is 0 Å². The zero-order valence-corrected chi connectivity index (χ0v) is 10.8. The van der Waals surface area contributed by atoms with E-state index in [1.54, 1.807) is 0 Å². The first-order valence-electron chi connectivity index (χ1n) is 6.69. The Labute approximate surface area is 99.5 Å².